The lowest BCUT2D eigenvalue weighted by Crippen LogP contribution is -2.30. The maximum absolute atomic E-state index is 12.9. The largest absolute Gasteiger partial charge is 0.462 e. The van der Waals surface area contributed by atoms with Gasteiger partial charge in [0.25, 0.3) is 0 Å². The standard InChI is InChI=1S/C74H122O6/c1-4-7-10-13-16-19-22-25-28-30-31-32-33-34-35-36-37-38-39-40-41-42-43-44-47-49-52-55-58-61-64-67-73(76)79-70-71(69-78-72(75)66-63-60-57-54-51-48-45-27-24-21-18-15-12-9-6-3)80-74(77)68-65-62-59-56-53-50-46-29-26-23-20-17-14-11-8-5-2/h7,9-10,12,16,18-19,21,25,27-29,31-32,34-35,37-38,40-41,45-46,71H,4-6,8,11,13-15,17,20,22-24,26,30,33,36,39,42-44,47-70H2,1-3H3/b10-7-,12-9-,19-16-,21-18-,28-25-,32-31-,35-34-,38-37-,41-40-,45-27-,46-29-. The van der Waals surface area contributed by atoms with Crippen LogP contribution in [-0.4, -0.2) is 37.2 Å². The van der Waals surface area contributed by atoms with Crippen LogP contribution in [0.4, 0.5) is 0 Å². The monoisotopic (exact) mass is 1110 g/mol. The van der Waals surface area contributed by atoms with Crippen LogP contribution in [0, 0.1) is 0 Å². The number of rotatable bonds is 59. The van der Waals surface area contributed by atoms with Gasteiger partial charge in [-0.2, -0.15) is 0 Å². The molecule has 0 aliphatic rings. The fraction of sp³-hybridized carbons (Fsp3) is 0.662. The molecule has 6 nitrogen and oxygen atoms in total. The Kier molecular flexibility index (Phi) is 63.3. The minimum absolute atomic E-state index is 0.0926. The van der Waals surface area contributed by atoms with Crippen LogP contribution in [0.5, 0.6) is 0 Å². The lowest BCUT2D eigenvalue weighted by atomic mass is 10.1. The number of esters is 3. The lowest BCUT2D eigenvalue weighted by molar-refractivity contribution is -0.167. The van der Waals surface area contributed by atoms with Crippen LogP contribution in [0.25, 0.3) is 0 Å². The predicted molar refractivity (Wildman–Crippen MR) is 348 cm³/mol. The molecule has 0 aliphatic heterocycles. The highest BCUT2D eigenvalue weighted by Crippen LogP contribution is 2.15. The molecule has 0 heterocycles. The minimum atomic E-state index is -0.797. The molecular weight excluding hydrogens is 985 g/mol. The third-order valence-corrected chi connectivity index (χ3v) is 13.9. The summed E-state index contributed by atoms with van der Waals surface area (Å²) in [5.41, 5.74) is 0. The van der Waals surface area contributed by atoms with E-state index in [1.807, 2.05) is 0 Å². The zero-order valence-electron chi connectivity index (χ0n) is 52.0. The van der Waals surface area contributed by atoms with Crippen LogP contribution in [0.15, 0.2) is 134 Å². The van der Waals surface area contributed by atoms with Crippen molar-refractivity contribution in [2.75, 3.05) is 13.2 Å². The average Bonchev–Trinajstić information content (AvgIpc) is 3.46. The van der Waals surface area contributed by atoms with Gasteiger partial charge >= 0.3 is 17.9 Å². The lowest BCUT2D eigenvalue weighted by Gasteiger charge is -2.18. The second-order valence-electron chi connectivity index (χ2n) is 21.6. The second kappa shape index (κ2) is 67.1. The van der Waals surface area contributed by atoms with E-state index in [2.05, 4.69) is 154 Å². The average molecular weight is 1110 g/mol. The molecule has 0 spiro atoms. The molecule has 0 N–H and O–H groups in total. The molecular formula is C74H122O6. The molecule has 0 fully saturated rings. The Morgan fingerprint density at radius 2 is 0.487 bits per heavy atom. The summed E-state index contributed by atoms with van der Waals surface area (Å²) in [6.45, 7) is 6.40. The Bertz CT molecular complexity index is 1700. The third kappa shape index (κ3) is 64.4. The highest BCUT2D eigenvalue weighted by atomic mass is 16.6. The van der Waals surface area contributed by atoms with Crippen molar-refractivity contribution < 1.29 is 28.6 Å². The van der Waals surface area contributed by atoms with Gasteiger partial charge in [-0.3, -0.25) is 14.4 Å². The SMILES string of the molecule is CC/C=C\C/C=C\C/C=C\C/C=C\C/C=C\C/C=C\C/C=C\CCCCCCCCCCCC(=O)OCC(COC(=O)CCCCCCC/C=C\C/C=C\C/C=C\CC)OC(=O)CCCCCCC/C=C\CCCCCCCCC. The van der Waals surface area contributed by atoms with Crippen LogP contribution < -0.4 is 0 Å². The van der Waals surface area contributed by atoms with Crippen LogP contribution in [0.1, 0.15) is 297 Å². The van der Waals surface area contributed by atoms with Crippen molar-refractivity contribution in [3.05, 3.63) is 134 Å². The summed E-state index contributed by atoms with van der Waals surface area (Å²) < 4.78 is 16.9. The molecule has 0 aliphatic carbocycles. The van der Waals surface area contributed by atoms with Crippen molar-refractivity contribution in [1.29, 1.82) is 0 Å². The Morgan fingerprint density at radius 1 is 0.263 bits per heavy atom. The molecule has 0 rings (SSSR count). The van der Waals surface area contributed by atoms with Gasteiger partial charge in [0.1, 0.15) is 13.2 Å². The van der Waals surface area contributed by atoms with Crippen molar-refractivity contribution in [2.24, 2.45) is 0 Å². The Labute approximate surface area is 494 Å². The van der Waals surface area contributed by atoms with Gasteiger partial charge in [0.2, 0.25) is 0 Å². The highest BCUT2D eigenvalue weighted by molar-refractivity contribution is 5.71. The molecule has 0 bridgehead atoms. The van der Waals surface area contributed by atoms with E-state index in [0.29, 0.717) is 19.3 Å². The van der Waals surface area contributed by atoms with Gasteiger partial charge in [-0.25, -0.2) is 0 Å². The number of allylic oxidation sites excluding steroid dienone is 22. The van der Waals surface area contributed by atoms with Crippen molar-refractivity contribution in [3.8, 4) is 0 Å². The van der Waals surface area contributed by atoms with E-state index < -0.39 is 6.10 Å². The van der Waals surface area contributed by atoms with Crippen LogP contribution in [-0.2, 0) is 28.6 Å². The van der Waals surface area contributed by atoms with E-state index in [1.165, 1.54) is 96.3 Å². The first kappa shape index (κ1) is 75.5. The van der Waals surface area contributed by atoms with Gasteiger partial charge < -0.3 is 14.2 Å². The van der Waals surface area contributed by atoms with Crippen LogP contribution in [0.3, 0.4) is 0 Å². The van der Waals surface area contributed by atoms with E-state index in [9.17, 15) is 14.4 Å². The van der Waals surface area contributed by atoms with E-state index in [1.54, 1.807) is 0 Å². The molecule has 6 heteroatoms. The summed E-state index contributed by atoms with van der Waals surface area (Å²) in [6.07, 6.45) is 94.6. The topological polar surface area (TPSA) is 78.9 Å². The molecule has 0 aromatic rings. The Hall–Kier alpha value is -4.45. The third-order valence-electron chi connectivity index (χ3n) is 13.9. The normalized spacial score (nSPS) is 13.0. The number of unbranched alkanes of at least 4 members (excludes halogenated alkanes) is 26. The predicted octanol–water partition coefficient (Wildman–Crippen LogP) is 22.9. The second-order valence-corrected chi connectivity index (χ2v) is 21.6. The summed E-state index contributed by atoms with van der Waals surface area (Å²) in [5.74, 6) is -0.919. The summed E-state index contributed by atoms with van der Waals surface area (Å²) in [4.78, 5) is 38.3. The molecule has 0 amide bonds. The number of carbonyl (C=O) groups is 3. The molecule has 1 unspecified atom stereocenters. The van der Waals surface area contributed by atoms with Gasteiger partial charge in [-0.15, -0.1) is 0 Å². The fourth-order valence-electron chi connectivity index (χ4n) is 8.96. The first-order valence-corrected chi connectivity index (χ1v) is 33.2. The van der Waals surface area contributed by atoms with Gasteiger partial charge in [-0.1, -0.05) is 276 Å². The van der Waals surface area contributed by atoms with Gasteiger partial charge in [0.05, 0.1) is 0 Å². The van der Waals surface area contributed by atoms with Crippen LogP contribution >= 0.6 is 0 Å². The number of hydrogen-bond acceptors (Lipinski definition) is 6. The Balaban J connectivity index is 4.33. The summed E-state index contributed by atoms with van der Waals surface area (Å²) in [5, 5.41) is 0. The summed E-state index contributed by atoms with van der Waals surface area (Å²) in [7, 11) is 0. The molecule has 0 radical (unpaired) electrons. The van der Waals surface area contributed by atoms with E-state index in [-0.39, 0.29) is 31.1 Å². The van der Waals surface area contributed by atoms with Gasteiger partial charge in [0.15, 0.2) is 6.10 Å². The van der Waals surface area contributed by atoms with Crippen LogP contribution in [0.2, 0.25) is 0 Å². The molecule has 0 aromatic heterocycles. The molecule has 0 saturated carbocycles. The zero-order chi connectivity index (χ0) is 57.8. The van der Waals surface area contributed by atoms with Crippen molar-refractivity contribution in [2.45, 2.75) is 303 Å². The number of ether oxygens (including phenoxy) is 3. The maximum Gasteiger partial charge on any atom is 0.306 e. The molecule has 1 atom stereocenters. The summed E-state index contributed by atoms with van der Waals surface area (Å²) >= 11 is 0. The van der Waals surface area contributed by atoms with E-state index >= 15 is 0 Å². The van der Waals surface area contributed by atoms with Crippen molar-refractivity contribution >= 4 is 17.9 Å². The minimum Gasteiger partial charge on any atom is -0.462 e. The smallest absolute Gasteiger partial charge is 0.306 e. The molecule has 454 valence electrons. The fourth-order valence-corrected chi connectivity index (χ4v) is 8.96. The van der Waals surface area contributed by atoms with Crippen molar-refractivity contribution in [1.82, 2.24) is 0 Å². The van der Waals surface area contributed by atoms with E-state index in [4.69, 9.17) is 14.2 Å². The zero-order valence-corrected chi connectivity index (χ0v) is 52.0. The van der Waals surface area contributed by atoms with Gasteiger partial charge in [-0.05, 0) is 135 Å². The maximum atomic E-state index is 12.9. The highest BCUT2D eigenvalue weighted by Gasteiger charge is 2.19. The molecule has 80 heavy (non-hydrogen) atoms. The molecule has 0 saturated heterocycles. The molecule has 0 aromatic carbocycles. The Morgan fingerprint density at radius 3 is 0.775 bits per heavy atom. The first-order valence-electron chi connectivity index (χ1n) is 33.2. The quantitative estimate of drug-likeness (QED) is 0.0261. The summed E-state index contributed by atoms with van der Waals surface area (Å²) in [6, 6.07) is 0. The van der Waals surface area contributed by atoms with Gasteiger partial charge in [0, 0.05) is 19.3 Å². The first-order chi connectivity index (χ1) is 39.5. The van der Waals surface area contributed by atoms with E-state index in [0.717, 1.165) is 161 Å². The van der Waals surface area contributed by atoms with Crippen molar-refractivity contribution in [3.63, 3.8) is 0 Å². The number of carbonyl (C=O) groups excluding carboxylic acids is 3. The number of hydrogen-bond donors (Lipinski definition) is 0.